The van der Waals surface area contributed by atoms with Crippen molar-refractivity contribution >= 4 is 41.5 Å². The van der Waals surface area contributed by atoms with Crippen molar-refractivity contribution in [3.8, 4) is 0 Å². The van der Waals surface area contributed by atoms with Gasteiger partial charge in [0.2, 0.25) is 9.84 Å². The number of halogens is 1. The topological polar surface area (TPSA) is 80.3 Å². The summed E-state index contributed by atoms with van der Waals surface area (Å²) >= 11 is 3.29. The van der Waals surface area contributed by atoms with E-state index in [0.29, 0.717) is 11.3 Å². The summed E-state index contributed by atoms with van der Waals surface area (Å²) in [7, 11) is -7.77. The molecule has 1 N–H and O–H groups in total. The smallest absolute Gasteiger partial charge is 0.262 e. The number of anilines is 1. The third-order valence-corrected chi connectivity index (χ3v) is 7.73. The average Bonchev–Trinajstić information content (AvgIpc) is 2.64. The van der Waals surface area contributed by atoms with Gasteiger partial charge >= 0.3 is 0 Å². The van der Waals surface area contributed by atoms with Gasteiger partial charge in [0.15, 0.2) is 0 Å². The van der Waals surface area contributed by atoms with Crippen LogP contribution >= 0.6 is 15.9 Å². The van der Waals surface area contributed by atoms with Gasteiger partial charge in [0.1, 0.15) is 0 Å². The standard InChI is InChI=1S/C19H16BrNO4S2/c1-14-7-12-18(26(22,23)17-5-3-2-4-6-17)13-19(14)27(24,25)21-16-10-8-15(20)9-11-16/h2-13,21H,1H3. The summed E-state index contributed by atoms with van der Waals surface area (Å²) in [6.07, 6.45) is 0. The zero-order valence-electron chi connectivity index (χ0n) is 14.3. The van der Waals surface area contributed by atoms with Crippen LogP contribution in [0.15, 0.2) is 92.0 Å². The summed E-state index contributed by atoms with van der Waals surface area (Å²) in [5.41, 5.74) is 0.834. The minimum absolute atomic E-state index is 0.0736. The monoisotopic (exact) mass is 465 g/mol. The number of hydrogen-bond donors (Lipinski definition) is 1. The predicted molar refractivity (Wildman–Crippen MR) is 108 cm³/mol. The summed E-state index contributed by atoms with van der Waals surface area (Å²) in [5.74, 6) is 0. The second-order valence-corrected chi connectivity index (χ2v) is 10.4. The first kappa shape index (κ1) is 19.6. The molecule has 0 heterocycles. The molecule has 3 rings (SSSR count). The fourth-order valence-electron chi connectivity index (χ4n) is 2.50. The highest BCUT2D eigenvalue weighted by Gasteiger charge is 2.23. The van der Waals surface area contributed by atoms with Gasteiger partial charge in [-0.05, 0) is 61.0 Å². The number of sulfone groups is 1. The van der Waals surface area contributed by atoms with Gasteiger partial charge in [-0.2, -0.15) is 0 Å². The molecule has 0 atom stereocenters. The molecule has 0 spiro atoms. The van der Waals surface area contributed by atoms with Crippen molar-refractivity contribution in [3.05, 3.63) is 82.8 Å². The molecular weight excluding hydrogens is 450 g/mol. The van der Waals surface area contributed by atoms with Crippen molar-refractivity contribution in [2.24, 2.45) is 0 Å². The van der Waals surface area contributed by atoms with Gasteiger partial charge in [0, 0.05) is 10.2 Å². The molecule has 8 heteroatoms. The molecule has 3 aromatic rings. The maximum Gasteiger partial charge on any atom is 0.262 e. The van der Waals surface area contributed by atoms with Gasteiger partial charge in [-0.1, -0.05) is 40.2 Å². The highest BCUT2D eigenvalue weighted by atomic mass is 79.9. The van der Waals surface area contributed by atoms with Crippen molar-refractivity contribution in [3.63, 3.8) is 0 Å². The van der Waals surface area contributed by atoms with Crippen LogP contribution in [0.2, 0.25) is 0 Å². The Hall–Kier alpha value is -2.16. The Morgan fingerprint density at radius 3 is 2.04 bits per heavy atom. The lowest BCUT2D eigenvalue weighted by atomic mass is 10.2. The Morgan fingerprint density at radius 2 is 1.41 bits per heavy atom. The summed E-state index contributed by atoms with van der Waals surface area (Å²) in [4.78, 5) is -0.0454. The van der Waals surface area contributed by atoms with Crippen molar-refractivity contribution in [1.29, 1.82) is 0 Å². The molecule has 140 valence electrons. The van der Waals surface area contributed by atoms with E-state index in [2.05, 4.69) is 20.7 Å². The normalized spacial score (nSPS) is 11.9. The van der Waals surface area contributed by atoms with Crippen molar-refractivity contribution in [2.75, 3.05) is 4.72 Å². The number of sulfonamides is 1. The summed E-state index contributed by atoms with van der Waals surface area (Å²) in [5, 5.41) is 0. The number of hydrogen-bond acceptors (Lipinski definition) is 4. The second kappa shape index (κ2) is 7.46. The molecule has 0 radical (unpaired) electrons. The fraction of sp³-hybridized carbons (Fsp3) is 0.0526. The summed E-state index contributed by atoms with van der Waals surface area (Å²) in [6, 6.07) is 18.6. The number of benzene rings is 3. The minimum Gasteiger partial charge on any atom is -0.280 e. The molecule has 0 aliphatic rings. The van der Waals surface area contributed by atoms with Crippen LogP contribution in [-0.2, 0) is 19.9 Å². The van der Waals surface area contributed by atoms with Crippen molar-refractivity contribution in [2.45, 2.75) is 21.6 Å². The molecule has 27 heavy (non-hydrogen) atoms. The van der Waals surface area contributed by atoms with E-state index in [9.17, 15) is 16.8 Å². The third-order valence-electron chi connectivity index (χ3n) is 3.91. The Morgan fingerprint density at radius 1 is 0.778 bits per heavy atom. The quantitative estimate of drug-likeness (QED) is 0.605. The van der Waals surface area contributed by atoms with Crippen LogP contribution in [0.25, 0.3) is 0 Å². The number of nitrogens with one attached hydrogen (secondary N) is 1. The lowest BCUT2D eigenvalue weighted by Crippen LogP contribution is -2.15. The molecule has 0 saturated heterocycles. The van der Waals surface area contributed by atoms with Gasteiger partial charge in [0.25, 0.3) is 10.0 Å². The largest absolute Gasteiger partial charge is 0.280 e. The zero-order chi connectivity index (χ0) is 19.7. The van der Waals surface area contributed by atoms with Crippen molar-refractivity contribution < 1.29 is 16.8 Å². The Kier molecular flexibility index (Phi) is 5.41. The van der Waals surface area contributed by atoms with Gasteiger partial charge in [0.05, 0.1) is 14.7 Å². The summed E-state index contributed by atoms with van der Waals surface area (Å²) < 4.78 is 54.5. The number of rotatable bonds is 5. The average molecular weight is 466 g/mol. The lowest BCUT2D eigenvalue weighted by Gasteiger charge is -2.12. The Balaban J connectivity index is 2.04. The van der Waals surface area contributed by atoms with Crippen LogP contribution in [0.4, 0.5) is 5.69 Å². The first-order chi connectivity index (χ1) is 12.7. The highest BCUT2D eigenvalue weighted by Crippen LogP contribution is 2.27. The molecule has 0 amide bonds. The van der Waals surface area contributed by atoms with Crippen LogP contribution < -0.4 is 4.72 Å². The first-order valence-electron chi connectivity index (χ1n) is 7.89. The van der Waals surface area contributed by atoms with Crippen LogP contribution in [-0.4, -0.2) is 16.8 Å². The van der Waals surface area contributed by atoms with E-state index < -0.39 is 19.9 Å². The van der Waals surface area contributed by atoms with Gasteiger partial charge in [-0.15, -0.1) is 0 Å². The maximum absolute atomic E-state index is 12.8. The van der Waals surface area contributed by atoms with Crippen LogP contribution in [0.1, 0.15) is 5.56 Å². The number of aryl methyl sites for hydroxylation is 1. The third kappa shape index (κ3) is 4.23. The minimum atomic E-state index is -3.95. The molecule has 0 aliphatic carbocycles. The van der Waals surface area contributed by atoms with Crippen LogP contribution in [0, 0.1) is 6.92 Å². The molecular formula is C19H16BrNO4S2. The summed E-state index contributed by atoms with van der Waals surface area (Å²) in [6.45, 7) is 1.62. The van der Waals surface area contributed by atoms with E-state index in [1.807, 2.05) is 0 Å². The molecule has 0 fully saturated rings. The van der Waals surface area contributed by atoms with Crippen molar-refractivity contribution in [1.82, 2.24) is 0 Å². The van der Waals surface area contributed by atoms with Crippen LogP contribution in [0.5, 0.6) is 0 Å². The Bertz CT molecular complexity index is 1170. The van der Waals surface area contributed by atoms with Gasteiger partial charge in [-0.3, -0.25) is 4.72 Å². The highest BCUT2D eigenvalue weighted by molar-refractivity contribution is 9.10. The molecule has 5 nitrogen and oxygen atoms in total. The fourth-order valence-corrected chi connectivity index (χ4v) is 5.48. The van der Waals surface area contributed by atoms with Crippen LogP contribution in [0.3, 0.4) is 0 Å². The van der Waals surface area contributed by atoms with E-state index >= 15 is 0 Å². The molecule has 3 aromatic carbocycles. The first-order valence-corrected chi connectivity index (χ1v) is 11.7. The molecule has 0 unspecified atom stereocenters. The van der Waals surface area contributed by atoms with Gasteiger partial charge < -0.3 is 0 Å². The SMILES string of the molecule is Cc1ccc(S(=O)(=O)c2ccccc2)cc1S(=O)(=O)Nc1ccc(Br)cc1. The van der Waals surface area contributed by atoms with E-state index in [1.54, 1.807) is 49.4 Å². The molecule has 0 saturated carbocycles. The lowest BCUT2D eigenvalue weighted by molar-refractivity contribution is 0.595. The predicted octanol–water partition coefficient (Wildman–Crippen LogP) is 4.39. The van der Waals surface area contributed by atoms with E-state index in [4.69, 9.17) is 0 Å². The molecule has 0 bridgehead atoms. The zero-order valence-corrected chi connectivity index (χ0v) is 17.5. The maximum atomic E-state index is 12.8. The van der Waals surface area contributed by atoms with E-state index in [0.717, 1.165) is 4.47 Å². The molecule has 0 aliphatic heterocycles. The van der Waals surface area contributed by atoms with Gasteiger partial charge in [-0.25, -0.2) is 16.8 Å². The molecule has 0 aromatic heterocycles. The Labute approximate surface area is 167 Å². The van der Waals surface area contributed by atoms with E-state index in [-0.39, 0.29) is 14.7 Å². The second-order valence-electron chi connectivity index (χ2n) is 5.86. The van der Waals surface area contributed by atoms with E-state index in [1.165, 1.54) is 30.3 Å².